The van der Waals surface area contributed by atoms with Gasteiger partial charge < -0.3 is 5.32 Å². The van der Waals surface area contributed by atoms with Crippen LogP contribution in [0.25, 0.3) is 0 Å². The van der Waals surface area contributed by atoms with Gasteiger partial charge in [0.2, 0.25) is 5.91 Å². The van der Waals surface area contributed by atoms with Gasteiger partial charge in [-0.25, -0.2) is 0 Å². The molecule has 3 aliphatic carbocycles. The van der Waals surface area contributed by atoms with Crippen LogP contribution in [0.3, 0.4) is 0 Å². The molecule has 3 aliphatic rings. The highest BCUT2D eigenvalue weighted by molar-refractivity contribution is 5.83. The molecule has 4 bridgehead atoms. The number of fused-ring (bicyclic) bond motifs is 3. The van der Waals surface area contributed by atoms with E-state index in [4.69, 9.17) is 0 Å². The van der Waals surface area contributed by atoms with E-state index >= 15 is 0 Å². The third-order valence-corrected chi connectivity index (χ3v) is 5.56. The van der Waals surface area contributed by atoms with Crippen LogP contribution in [0.2, 0.25) is 0 Å². The van der Waals surface area contributed by atoms with Gasteiger partial charge >= 0.3 is 0 Å². The zero-order valence-corrected chi connectivity index (χ0v) is 11.3. The highest BCUT2D eigenvalue weighted by Gasteiger charge is 2.50. The van der Waals surface area contributed by atoms with E-state index in [1.54, 1.807) is 6.08 Å². The third-order valence-electron chi connectivity index (χ3n) is 5.56. The Kier molecular flexibility index (Phi) is 3.21. The average Bonchev–Trinajstić information content (AvgIpc) is 2.58. The number of nitrogens with one attached hydrogen (secondary N) is 1. The molecule has 3 rings (SSSR count). The van der Waals surface area contributed by atoms with Gasteiger partial charge in [0.15, 0.2) is 0 Å². The van der Waals surface area contributed by atoms with Gasteiger partial charge in [-0.2, -0.15) is 0 Å². The van der Waals surface area contributed by atoms with Gasteiger partial charge in [-0.05, 0) is 43.4 Å². The van der Waals surface area contributed by atoms with Crippen LogP contribution < -0.4 is 5.32 Å². The van der Waals surface area contributed by atoms with E-state index in [1.165, 1.54) is 32.1 Å². The van der Waals surface area contributed by atoms with Gasteiger partial charge in [0.05, 0.1) is 0 Å². The second kappa shape index (κ2) is 4.71. The summed E-state index contributed by atoms with van der Waals surface area (Å²) in [4.78, 5) is 12.6. The third kappa shape index (κ3) is 2.10. The number of hydrogen-bond acceptors (Lipinski definition) is 1. The standard InChI is InChI=1S/C16H25NO/c1-2-7-17-15(18)16-9-12-3-5-13(10-16)8-14(11-16)6-4-12/h2,12-14H,1,3-11H2,(H,17,18). The van der Waals surface area contributed by atoms with Gasteiger partial charge in [-0.15, -0.1) is 6.58 Å². The Labute approximate surface area is 110 Å². The first-order chi connectivity index (χ1) is 8.72. The van der Waals surface area contributed by atoms with Gasteiger partial charge in [-0.3, -0.25) is 4.79 Å². The molecular formula is C16H25NO. The lowest BCUT2D eigenvalue weighted by Gasteiger charge is -2.41. The summed E-state index contributed by atoms with van der Waals surface area (Å²) < 4.78 is 0. The van der Waals surface area contributed by atoms with Crippen LogP contribution >= 0.6 is 0 Å². The molecule has 1 N–H and O–H groups in total. The molecule has 2 unspecified atom stereocenters. The predicted octanol–water partition coefficient (Wildman–Crippen LogP) is 3.29. The molecule has 3 fully saturated rings. The Morgan fingerprint density at radius 1 is 1.11 bits per heavy atom. The number of carbonyl (C=O) groups excluding carboxylic acids is 1. The maximum Gasteiger partial charge on any atom is 0.226 e. The van der Waals surface area contributed by atoms with E-state index in [0.717, 1.165) is 37.0 Å². The van der Waals surface area contributed by atoms with Crippen LogP contribution in [0.4, 0.5) is 0 Å². The van der Waals surface area contributed by atoms with Crippen molar-refractivity contribution < 1.29 is 4.79 Å². The highest BCUT2D eigenvalue weighted by Crippen LogP contribution is 2.55. The Hall–Kier alpha value is -0.790. The minimum absolute atomic E-state index is 0.0196. The number of carbonyl (C=O) groups is 1. The first kappa shape index (κ1) is 12.3. The summed E-state index contributed by atoms with van der Waals surface area (Å²) in [5.41, 5.74) is -0.0196. The molecule has 1 amide bonds. The van der Waals surface area contributed by atoms with Crippen LogP contribution in [-0.2, 0) is 4.79 Å². The summed E-state index contributed by atoms with van der Waals surface area (Å²) in [6.45, 7) is 4.33. The summed E-state index contributed by atoms with van der Waals surface area (Å²) >= 11 is 0. The topological polar surface area (TPSA) is 29.1 Å². The van der Waals surface area contributed by atoms with Crippen molar-refractivity contribution in [3.8, 4) is 0 Å². The lowest BCUT2D eigenvalue weighted by Crippen LogP contribution is -2.45. The predicted molar refractivity (Wildman–Crippen MR) is 73.0 cm³/mol. The minimum atomic E-state index is -0.0196. The van der Waals surface area contributed by atoms with E-state index in [1.807, 2.05) is 0 Å². The average molecular weight is 247 g/mol. The molecule has 18 heavy (non-hydrogen) atoms. The van der Waals surface area contributed by atoms with Crippen LogP contribution in [0.15, 0.2) is 12.7 Å². The van der Waals surface area contributed by atoms with E-state index in [9.17, 15) is 4.79 Å². The minimum Gasteiger partial charge on any atom is -0.352 e. The molecule has 0 radical (unpaired) electrons. The molecule has 0 aromatic rings. The zero-order valence-electron chi connectivity index (χ0n) is 11.3. The lowest BCUT2D eigenvalue weighted by atomic mass is 9.64. The van der Waals surface area contributed by atoms with Crippen molar-refractivity contribution in [2.75, 3.05) is 6.54 Å². The molecule has 0 heterocycles. The monoisotopic (exact) mass is 247 g/mol. The SMILES string of the molecule is C=CCNC(=O)C12CC3CCC(CC(CC3)C1)C2. The fourth-order valence-corrected chi connectivity index (χ4v) is 4.91. The fraction of sp³-hybridized carbons (Fsp3) is 0.812. The van der Waals surface area contributed by atoms with Crippen molar-refractivity contribution in [1.29, 1.82) is 0 Å². The van der Waals surface area contributed by atoms with Gasteiger partial charge in [0.25, 0.3) is 0 Å². The van der Waals surface area contributed by atoms with Crippen molar-refractivity contribution in [1.82, 2.24) is 5.32 Å². The normalized spacial score (nSPS) is 42.1. The molecule has 3 saturated carbocycles. The van der Waals surface area contributed by atoms with E-state index in [2.05, 4.69) is 11.9 Å². The summed E-state index contributed by atoms with van der Waals surface area (Å²) in [5, 5.41) is 3.09. The quantitative estimate of drug-likeness (QED) is 0.762. The van der Waals surface area contributed by atoms with Crippen molar-refractivity contribution in [2.45, 2.75) is 51.4 Å². The second-order valence-corrected chi connectivity index (χ2v) is 6.88. The van der Waals surface area contributed by atoms with Crippen LogP contribution in [-0.4, -0.2) is 12.5 Å². The first-order valence-corrected chi connectivity index (χ1v) is 7.61. The summed E-state index contributed by atoms with van der Waals surface area (Å²) in [5.74, 6) is 2.78. The van der Waals surface area contributed by atoms with Crippen LogP contribution in [0.1, 0.15) is 51.4 Å². The fourth-order valence-electron chi connectivity index (χ4n) is 4.91. The molecule has 100 valence electrons. The van der Waals surface area contributed by atoms with Crippen molar-refractivity contribution in [3.63, 3.8) is 0 Å². The first-order valence-electron chi connectivity index (χ1n) is 7.61. The van der Waals surface area contributed by atoms with E-state index in [-0.39, 0.29) is 5.41 Å². The Bertz CT molecular complexity index is 329. The second-order valence-electron chi connectivity index (χ2n) is 6.88. The molecule has 2 heteroatoms. The highest BCUT2D eigenvalue weighted by atomic mass is 16.2. The van der Waals surface area contributed by atoms with Crippen LogP contribution in [0.5, 0.6) is 0 Å². The number of rotatable bonds is 3. The lowest BCUT2D eigenvalue weighted by molar-refractivity contribution is -0.135. The molecule has 0 aromatic heterocycles. The van der Waals surface area contributed by atoms with Gasteiger partial charge in [0, 0.05) is 12.0 Å². The molecule has 2 nitrogen and oxygen atoms in total. The van der Waals surface area contributed by atoms with Crippen molar-refractivity contribution in [2.24, 2.45) is 23.2 Å². The largest absolute Gasteiger partial charge is 0.352 e. The summed E-state index contributed by atoms with van der Waals surface area (Å²) in [7, 11) is 0. The molecule has 2 atom stereocenters. The zero-order chi connectivity index (χ0) is 12.6. The summed E-state index contributed by atoms with van der Waals surface area (Å²) in [6, 6.07) is 0. The summed E-state index contributed by atoms with van der Waals surface area (Å²) in [6.07, 6.45) is 12.1. The van der Waals surface area contributed by atoms with Gasteiger partial charge in [-0.1, -0.05) is 31.8 Å². The number of amides is 1. The van der Waals surface area contributed by atoms with Gasteiger partial charge in [0.1, 0.15) is 0 Å². The Balaban J connectivity index is 1.84. The molecule has 0 aromatic carbocycles. The number of hydrogen-bond donors (Lipinski definition) is 1. The maximum absolute atomic E-state index is 12.6. The Morgan fingerprint density at radius 2 is 1.67 bits per heavy atom. The van der Waals surface area contributed by atoms with Crippen LogP contribution in [0, 0.1) is 23.2 Å². The Morgan fingerprint density at radius 3 is 2.28 bits per heavy atom. The molecule has 0 aliphatic heterocycles. The maximum atomic E-state index is 12.6. The molecular weight excluding hydrogens is 222 g/mol. The van der Waals surface area contributed by atoms with E-state index in [0.29, 0.717) is 12.5 Å². The smallest absolute Gasteiger partial charge is 0.226 e. The van der Waals surface area contributed by atoms with E-state index < -0.39 is 0 Å². The van der Waals surface area contributed by atoms with Crippen molar-refractivity contribution >= 4 is 5.91 Å². The molecule has 0 spiro atoms. The molecule has 0 saturated heterocycles. The van der Waals surface area contributed by atoms with Crippen molar-refractivity contribution in [3.05, 3.63) is 12.7 Å².